The maximum absolute atomic E-state index is 11.7. The van der Waals surface area contributed by atoms with Gasteiger partial charge >= 0.3 is 5.97 Å². The fourth-order valence-electron chi connectivity index (χ4n) is 2.54. The summed E-state index contributed by atoms with van der Waals surface area (Å²) in [6, 6.07) is 8.95. The summed E-state index contributed by atoms with van der Waals surface area (Å²) in [4.78, 5) is 18.4. The summed E-state index contributed by atoms with van der Waals surface area (Å²) < 4.78 is 10.9. The summed E-state index contributed by atoms with van der Waals surface area (Å²) in [6.45, 7) is 4.33. The summed E-state index contributed by atoms with van der Waals surface area (Å²) >= 11 is 1.58. The lowest BCUT2D eigenvalue weighted by Crippen LogP contribution is -2.02. The van der Waals surface area contributed by atoms with E-state index in [4.69, 9.17) is 9.47 Å². The van der Waals surface area contributed by atoms with Crippen LogP contribution in [0.25, 0.3) is 21.5 Å². The van der Waals surface area contributed by atoms with Gasteiger partial charge in [-0.15, -0.1) is 11.3 Å². The van der Waals surface area contributed by atoms with Gasteiger partial charge in [-0.2, -0.15) is 0 Å². The summed E-state index contributed by atoms with van der Waals surface area (Å²) in [6.07, 6.45) is 0. The number of aromatic carboxylic acids is 1. The Hall–Kier alpha value is -2.60. The van der Waals surface area contributed by atoms with Crippen LogP contribution in [-0.2, 0) is 0 Å². The zero-order valence-corrected chi connectivity index (χ0v) is 14.4. The van der Waals surface area contributed by atoms with Crippen LogP contribution in [0.15, 0.2) is 30.3 Å². The first kappa shape index (κ1) is 16.3. The van der Waals surface area contributed by atoms with Crippen LogP contribution >= 0.6 is 11.3 Å². The lowest BCUT2D eigenvalue weighted by molar-refractivity contribution is 0.0699. The zero-order chi connectivity index (χ0) is 17.3. The van der Waals surface area contributed by atoms with E-state index in [1.807, 2.05) is 26.0 Å². The Morgan fingerprint density at radius 1 is 1.25 bits per heavy atom. The van der Waals surface area contributed by atoms with Crippen molar-refractivity contribution in [3.05, 3.63) is 40.8 Å². The van der Waals surface area contributed by atoms with Crippen molar-refractivity contribution in [2.75, 3.05) is 13.7 Å². The molecule has 1 N–H and O–H groups in total. The van der Waals surface area contributed by atoms with E-state index in [0.717, 1.165) is 9.75 Å². The normalized spacial score (nSPS) is 10.8. The third-order valence-corrected chi connectivity index (χ3v) is 4.64. The Morgan fingerprint density at radius 3 is 2.62 bits per heavy atom. The predicted octanol–water partition coefficient (Wildman–Crippen LogP) is 4.38. The number of methoxy groups -OCH3 is 1. The molecule has 6 heteroatoms. The molecule has 0 amide bonds. The van der Waals surface area contributed by atoms with Crippen LogP contribution in [0, 0.1) is 6.92 Å². The Bertz CT molecular complexity index is 917. The van der Waals surface area contributed by atoms with E-state index in [2.05, 4.69) is 4.98 Å². The summed E-state index contributed by atoms with van der Waals surface area (Å²) in [5.41, 5.74) is 1.41. The van der Waals surface area contributed by atoms with Gasteiger partial charge in [0.15, 0.2) is 11.5 Å². The van der Waals surface area contributed by atoms with Crippen LogP contribution in [0.2, 0.25) is 0 Å². The van der Waals surface area contributed by atoms with Gasteiger partial charge in [-0.3, -0.25) is 0 Å². The number of fused-ring (bicyclic) bond motifs is 1. The number of carboxylic acid groups (broad SMARTS) is 1. The van der Waals surface area contributed by atoms with Crippen LogP contribution < -0.4 is 9.47 Å². The number of carboxylic acids is 1. The second-order valence-corrected chi connectivity index (χ2v) is 6.51. The predicted molar refractivity (Wildman–Crippen MR) is 94.5 cm³/mol. The summed E-state index contributed by atoms with van der Waals surface area (Å²) in [7, 11) is 1.55. The number of aryl methyl sites for hydroxylation is 1. The molecule has 2 heterocycles. The van der Waals surface area contributed by atoms with E-state index in [0.29, 0.717) is 34.7 Å². The quantitative estimate of drug-likeness (QED) is 0.744. The molecule has 0 spiro atoms. The molecule has 0 saturated heterocycles. The van der Waals surface area contributed by atoms with E-state index in [1.165, 1.54) is 0 Å². The van der Waals surface area contributed by atoms with Gasteiger partial charge in [0.1, 0.15) is 0 Å². The average Bonchev–Trinajstić information content (AvgIpc) is 3.00. The largest absolute Gasteiger partial charge is 0.493 e. The van der Waals surface area contributed by atoms with Crippen molar-refractivity contribution >= 4 is 28.2 Å². The number of nitrogens with zero attached hydrogens (tertiary/aromatic N) is 1. The molecule has 24 heavy (non-hydrogen) atoms. The lowest BCUT2D eigenvalue weighted by atomic mass is 10.1. The van der Waals surface area contributed by atoms with E-state index >= 15 is 0 Å². The van der Waals surface area contributed by atoms with E-state index < -0.39 is 5.97 Å². The van der Waals surface area contributed by atoms with Gasteiger partial charge in [0, 0.05) is 16.3 Å². The third-order valence-electron chi connectivity index (χ3n) is 3.62. The third kappa shape index (κ3) is 2.92. The molecule has 0 aliphatic carbocycles. The molecule has 1 aromatic carbocycles. The van der Waals surface area contributed by atoms with Crippen LogP contribution in [0.5, 0.6) is 11.5 Å². The number of hydrogen-bond donors (Lipinski definition) is 1. The average molecular weight is 343 g/mol. The number of rotatable bonds is 5. The number of pyridine rings is 1. The van der Waals surface area contributed by atoms with Crippen molar-refractivity contribution in [2.24, 2.45) is 0 Å². The fourth-order valence-corrected chi connectivity index (χ4v) is 3.37. The first-order valence-electron chi connectivity index (χ1n) is 7.49. The van der Waals surface area contributed by atoms with Crippen molar-refractivity contribution in [1.29, 1.82) is 0 Å². The standard InChI is InChI=1S/C18H17NO4S/c1-4-23-16-8-11-12(18(20)21)7-14(17-6-5-10(2)24-17)19-13(11)9-15(16)22-3/h5-9H,4H2,1-3H3,(H,20,21). The monoisotopic (exact) mass is 343 g/mol. The van der Waals surface area contributed by atoms with Gasteiger partial charge in [-0.05, 0) is 38.1 Å². The first-order chi connectivity index (χ1) is 11.5. The lowest BCUT2D eigenvalue weighted by Gasteiger charge is -2.12. The van der Waals surface area contributed by atoms with E-state index in [1.54, 1.807) is 36.6 Å². The molecule has 3 rings (SSSR count). The van der Waals surface area contributed by atoms with Gasteiger partial charge in [-0.1, -0.05) is 0 Å². The highest BCUT2D eigenvalue weighted by atomic mass is 32.1. The molecule has 5 nitrogen and oxygen atoms in total. The molecule has 0 radical (unpaired) electrons. The highest BCUT2D eigenvalue weighted by Gasteiger charge is 2.17. The molecule has 0 unspecified atom stereocenters. The zero-order valence-electron chi connectivity index (χ0n) is 13.6. The molecular formula is C18H17NO4S. The molecule has 0 fully saturated rings. The van der Waals surface area contributed by atoms with Gasteiger partial charge in [0.25, 0.3) is 0 Å². The topological polar surface area (TPSA) is 68.7 Å². The molecule has 2 aromatic heterocycles. The summed E-state index contributed by atoms with van der Waals surface area (Å²) in [5, 5.41) is 10.1. The molecule has 0 aliphatic rings. The fraction of sp³-hybridized carbons (Fsp3) is 0.222. The maximum Gasteiger partial charge on any atom is 0.336 e. The molecule has 0 saturated carbocycles. The Morgan fingerprint density at radius 2 is 2.04 bits per heavy atom. The molecule has 124 valence electrons. The molecule has 3 aromatic rings. The van der Waals surface area contributed by atoms with Gasteiger partial charge in [-0.25, -0.2) is 9.78 Å². The highest BCUT2D eigenvalue weighted by Crippen LogP contribution is 2.36. The minimum absolute atomic E-state index is 0.199. The van der Waals surface area contributed by atoms with E-state index in [9.17, 15) is 9.90 Å². The number of ether oxygens (including phenoxy) is 2. The molecule has 0 bridgehead atoms. The Labute approximate surface area is 143 Å². The second-order valence-electron chi connectivity index (χ2n) is 5.22. The number of carbonyl (C=O) groups is 1. The highest BCUT2D eigenvalue weighted by molar-refractivity contribution is 7.15. The van der Waals surface area contributed by atoms with Crippen LogP contribution in [-0.4, -0.2) is 29.8 Å². The van der Waals surface area contributed by atoms with Crippen LogP contribution in [0.1, 0.15) is 22.2 Å². The minimum atomic E-state index is -0.996. The van der Waals surface area contributed by atoms with Crippen molar-refractivity contribution < 1.29 is 19.4 Å². The first-order valence-corrected chi connectivity index (χ1v) is 8.30. The van der Waals surface area contributed by atoms with Crippen molar-refractivity contribution in [1.82, 2.24) is 4.98 Å². The van der Waals surface area contributed by atoms with Crippen molar-refractivity contribution in [3.63, 3.8) is 0 Å². The van der Waals surface area contributed by atoms with Gasteiger partial charge < -0.3 is 14.6 Å². The molecular weight excluding hydrogens is 326 g/mol. The van der Waals surface area contributed by atoms with Crippen LogP contribution in [0.4, 0.5) is 0 Å². The number of hydrogen-bond acceptors (Lipinski definition) is 5. The van der Waals surface area contributed by atoms with Gasteiger partial charge in [0.05, 0.1) is 35.4 Å². The summed E-state index contributed by atoms with van der Waals surface area (Å²) in [5.74, 6) is 0.0498. The number of benzene rings is 1. The molecule has 0 atom stereocenters. The second kappa shape index (κ2) is 6.49. The SMILES string of the molecule is CCOc1cc2c(C(=O)O)cc(-c3ccc(C)s3)nc2cc1OC. The Balaban J connectivity index is 2.28. The van der Waals surface area contributed by atoms with E-state index in [-0.39, 0.29) is 5.56 Å². The Kier molecular flexibility index (Phi) is 4.40. The number of aromatic nitrogens is 1. The maximum atomic E-state index is 11.7. The number of thiophene rings is 1. The smallest absolute Gasteiger partial charge is 0.336 e. The van der Waals surface area contributed by atoms with Crippen molar-refractivity contribution in [3.8, 4) is 22.1 Å². The van der Waals surface area contributed by atoms with Gasteiger partial charge in [0.2, 0.25) is 0 Å². The molecule has 0 aliphatic heterocycles. The minimum Gasteiger partial charge on any atom is -0.493 e. The van der Waals surface area contributed by atoms with Crippen LogP contribution in [0.3, 0.4) is 0 Å². The van der Waals surface area contributed by atoms with Crippen molar-refractivity contribution in [2.45, 2.75) is 13.8 Å².